The highest BCUT2D eigenvalue weighted by Crippen LogP contribution is 2.34. The first-order valence-corrected chi connectivity index (χ1v) is 12.7. The van der Waals surface area contributed by atoms with Gasteiger partial charge in [0.15, 0.2) is 23.1 Å². The third-order valence-electron chi connectivity index (χ3n) is 6.42. The molecular weight excluding hydrogens is 490 g/mol. The molecule has 3 aromatic rings. The molecule has 2 aliphatic rings. The largest absolute Gasteiger partial charge is 0.573 e. The molecule has 1 aromatic heterocycles. The van der Waals surface area contributed by atoms with Crippen LogP contribution in [0.3, 0.4) is 0 Å². The molecule has 0 radical (unpaired) electrons. The highest BCUT2D eigenvalue weighted by Gasteiger charge is 2.32. The summed E-state index contributed by atoms with van der Waals surface area (Å²) in [6.45, 7) is 1.94. The lowest BCUT2D eigenvalue weighted by Crippen LogP contribution is -2.34. The molecular formula is C24H24F2N6O3S. The maximum absolute atomic E-state index is 14.8. The van der Waals surface area contributed by atoms with Crippen molar-refractivity contribution in [2.75, 3.05) is 30.9 Å². The maximum atomic E-state index is 14.8. The van der Waals surface area contributed by atoms with Gasteiger partial charge >= 0.3 is 0 Å². The van der Waals surface area contributed by atoms with E-state index in [9.17, 15) is 23.4 Å². The molecule has 5 rings (SSSR count). The van der Waals surface area contributed by atoms with Gasteiger partial charge in [0.25, 0.3) is 5.56 Å². The first-order valence-electron chi connectivity index (χ1n) is 11.6. The van der Waals surface area contributed by atoms with Crippen LogP contribution in [0, 0.1) is 17.1 Å². The van der Waals surface area contributed by atoms with E-state index in [1.54, 1.807) is 17.0 Å². The van der Waals surface area contributed by atoms with E-state index in [0.29, 0.717) is 17.4 Å². The summed E-state index contributed by atoms with van der Waals surface area (Å²) >= 11 is -1.81. The van der Waals surface area contributed by atoms with Crippen molar-refractivity contribution in [1.82, 2.24) is 19.2 Å². The summed E-state index contributed by atoms with van der Waals surface area (Å²) in [7, 11) is 0. The zero-order valence-electron chi connectivity index (χ0n) is 19.2. The average Bonchev–Trinajstić information content (AvgIpc) is 3.33. The van der Waals surface area contributed by atoms with Crippen LogP contribution in [0.2, 0.25) is 0 Å². The van der Waals surface area contributed by atoms with Gasteiger partial charge < -0.3 is 14.6 Å². The van der Waals surface area contributed by atoms with E-state index in [1.165, 1.54) is 22.5 Å². The topological polar surface area (TPSA) is 118 Å². The van der Waals surface area contributed by atoms with Crippen LogP contribution in [0.1, 0.15) is 30.9 Å². The Morgan fingerprint density at radius 1 is 1.25 bits per heavy atom. The molecule has 0 aliphatic carbocycles. The second-order valence-electron chi connectivity index (χ2n) is 8.76. The van der Waals surface area contributed by atoms with Crippen LogP contribution >= 0.6 is 0 Å². The fourth-order valence-electron chi connectivity index (χ4n) is 4.49. The monoisotopic (exact) mass is 514 g/mol. The van der Waals surface area contributed by atoms with Crippen molar-refractivity contribution in [3.05, 3.63) is 58.4 Å². The summed E-state index contributed by atoms with van der Waals surface area (Å²) in [5.41, 5.74) is 0.144. The van der Waals surface area contributed by atoms with Gasteiger partial charge in [0.05, 0.1) is 23.8 Å². The number of hydrogen-bond acceptors (Lipinski definition) is 8. The molecule has 2 atom stereocenters. The molecule has 188 valence electrons. The van der Waals surface area contributed by atoms with Crippen LogP contribution in [0.4, 0.5) is 14.5 Å². The van der Waals surface area contributed by atoms with Gasteiger partial charge in [-0.2, -0.15) is 9.98 Å². The number of anilines is 1. The number of piperidine rings is 1. The van der Waals surface area contributed by atoms with Gasteiger partial charge in [0.1, 0.15) is 29.2 Å². The number of nitrogens with zero attached hydrogens (tertiary/aromatic N) is 4. The molecule has 2 aliphatic heterocycles. The van der Waals surface area contributed by atoms with Crippen molar-refractivity contribution < 1.29 is 18.1 Å². The van der Waals surface area contributed by atoms with Gasteiger partial charge in [-0.3, -0.25) is 9.36 Å². The fourth-order valence-corrected chi connectivity index (χ4v) is 5.55. The maximum Gasteiger partial charge on any atom is 0.261 e. The first-order chi connectivity index (χ1) is 17.4. The lowest BCUT2D eigenvalue weighted by molar-refractivity contribution is 0.343. The molecule has 0 bridgehead atoms. The van der Waals surface area contributed by atoms with Crippen molar-refractivity contribution in [3.8, 4) is 17.6 Å². The number of aromatic nitrogens is 2. The van der Waals surface area contributed by atoms with Gasteiger partial charge in [0, 0.05) is 12.6 Å². The van der Waals surface area contributed by atoms with Crippen molar-refractivity contribution in [2.45, 2.75) is 31.5 Å². The number of alkyl halides is 1. The lowest BCUT2D eigenvalue weighted by atomic mass is 10.1. The van der Waals surface area contributed by atoms with Crippen LogP contribution in [0.5, 0.6) is 11.5 Å². The Hall–Kier alpha value is -3.24. The molecule has 0 amide bonds. The molecule has 2 N–H and O–H groups in total. The van der Waals surface area contributed by atoms with E-state index in [2.05, 4.69) is 15.0 Å². The second kappa shape index (κ2) is 10.4. The molecule has 0 spiro atoms. The molecule has 2 saturated heterocycles. The molecule has 12 heteroatoms. The number of fused-ring (bicyclic) bond motifs is 1. The minimum atomic E-state index is -1.81. The number of benzene rings is 2. The summed E-state index contributed by atoms with van der Waals surface area (Å²) in [5.74, 6) is -1.02. The Morgan fingerprint density at radius 3 is 2.78 bits per heavy atom. The smallest absolute Gasteiger partial charge is 0.261 e. The van der Waals surface area contributed by atoms with Gasteiger partial charge in [0.2, 0.25) is 0 Å². The molecule has 36 heavy (non-hydrogen) atoms. The summed E-state index contributed by atoms with van der Waals surface area (Å²) in [6.07, 6.45) is 2.37. The second-order valence-corrected chi connectivity index (χ2v) is 9.97. The van der Waals surface area contributed by atoms with Crippen molar-refractivity contribution in [3.63, 3.8) is 0 Å². The van der Waals surface area contributed by atoms with E-state index in [1.807, 2.05) is 6.07 Å². The Morgan fingerprint density at radius 2 is 2.06 bits per heavy atom. The van der Waals surface area contributed by atoms with Crippen LogP contribution in [-0.2, 0) is 11.5 Å². The molecule has 9 nitrogen and oxygen atoms in total. The van der Waals surface area contributed by atoms with Gasteiger partial charge in [-0.15, -0.1) is 4.31 Å². The fraction of sp³-hybridized carbons (Fsp3) is 0.375. The highest BCUT2D eigenvalue weighted by atomic mass is 32.2. The zero-order chi connectivity index (χ0) is 25.2. The third-order valence-corrected chi connectivity index (χ3v) is 7.62. The molecule has 2 fully saturated rings. The van der Waals surface area contributed by atoms with E-state index in [0.717, 1.165) is 32.0 Å². The lowest BCUT2D eigenvalue weighted by Gasteiger charge is -2.24. The van der Waals surface area contributed by atoms with Crippen LogP contribution < -0.4 is 20.3 Å². The Labute approximate surface area is 209 Å². The summed E-state index contributed by atoms with van der Waals surface area (Å²) in [5, 5.41) is 13.3. The van der Waals surface area contributed by atoms with E-state index < -0.39 is 23.5 Å². The van der Waals surface area contributed by atoms with Crippen molar-refractivity contribution in [2.24, 2.45) is 0 Å². The Balaban J connectivity index is 1.44. The van der Waals surface area contributed by atoms with E-state index in [-0.39, 0.29) is 47.3 Å². The van der Waals surface area contributed by atoms with Crippen LogP contribution in [-0.4, -0.2) is 50.8 Å². The molecule has 3 heterocycles. The predicted molar refractivity (Wildman–Crippen MR) is 131 cm³/mol. The quantitative estimate of drug-likeness (QED) is 0.482. The number of halogens is 2. The van der Waals surface area contributed by atoms with Gasteiger partial charge in [-0.1, -0.05) is 0 Å². The molecule has 2 aromatic carbocycles. The van der Waals surface area contributed by atoms with Crippen molar-refractivity contribution >= 4 is 28.1 Å². The van der Waals surface area contributed by atoms with E-state index in [4.69, 9.17) is 4.74 Å². The number of ether oxygens (including phenoxy) is 1. The number of hydrogen-bond donors (Lipinski definition) is 2. The molecule has 0 saturated carbocycles. The normalized spacial score (nSPS) is 19.8. The van der Waals surface area contributed by atoms with Crippen LogP contribution in [0.15, 0.2) is 41.5 Å². The minimum Gasteiger partial charge on any atom is -0.573 e. The summed E-state index contributed by atoms with van der Waals surface area (Å²) in [6, 6.07) is 8.91. The van der Waals surface area contributed by atoms with Gasteiger partial charge in [-0.25, -0.2) is 13.8 Å². The van der Waals surface area contributed by atoms with Crippen molar-refractivity contribution in [1.29, 1.82) is 5.26 Å². The SMILES string of the molecule is N#Cc1c(N[S+]([O-])N2CCC(F)C2)ccc(F)c1Oc1ccc2ncn(C3CCNCC3)c(=O)c2c1. The summed E-state index contributed by atoms with van der Waals surface area (Å²) in [4.78, 5) is 17.6. The number of nitriles is 1. The average molecular weight is 515 g/mol. The third kappa shape index (κ3) is 4.87. The highest BCUT2D eigenvalue weighted by molar-refractivity contribution is 7.90. The standard InChI is InChI=1S/C24H24F2N6O3S/c25-15-7-10-31(13-15)36(34)30-22-4-2-20(26)23(19(22)12-27)35-17-1-3-21-18(11-17)24(33)32(14-29-21)16-5-8-28-9-6-16/h1-4,11,14-16,28,30H,5-10,13H2. The summed E-state index contributed by atoms with van der Waals surface area (Å²) < 4.78 is 52.3. The zero-order valence-corrected chi connectivity index (χ0v) is 20.1. The number of nitrogens with one attached hydrogen (secondary N) is 2. The predicted octanol–water partition coefficient (Wildman–Crippen LogP) is 3.16. The number of rotatable bonds is 6. The molecule has 2 unspecified atom stereocenters. The Kier molecular flexibility index (Phi) is 7.06. The first kappa shape index (κ1) is 24.5. The van der Waals surface area contributed by atoms with Gasteiger partial charge in [-0.05, 0) is 62.7 Å². The minimum absolute atomic E-state index is 0.00602. The van der Waals surface area contributed by atoms with E-state index >= 15 is 0 Å². The Bertz CT molecular complexity index is 1370. The van der Waals surface area contributed by atoms with Crippen LogP contribution in [0.25, 0.3) is 10.9 Å².